The molecule has 1 atom stereocenters. The Balaban J connectivity index is 2.90. The first-order valence-corrected chi connectivity index (χ1v) is 4.99. The lowest BCUT2D eigenvalue weighted by molar-refractivity contribution is 0.0955. The lowest BCUT2D eigenvalue weighted by atomic mass is 10.0. The fraction of sp³-hybridized carbons (Fsp3) is 0.417. The van der Waals surface area contributed by atoms with Gasteiger partial charge >= 0.3 is 0 Å². The van der Waals surface area contributed by atoms with Crippen LogP contribution in [0.5, 0.6) is 0 Å². The smallest absolute Gasteiger partial charge is 0.179 e. The van der Waals surface area contributed by atoms with Gasteiger partial charge in [-0.2, -0.15) is 0 Å². The third kappa shape index (κ3) is 2.42. The Bertz CT molecular complexity index is 320. The summed E-state index contributed by atoms with van der Waals surface area (Å²) in [5, 5.41) is 2.95. The molecule has 0 saturated carbocycles. The normalized spacial score (nSPS) is 12.5. The highest BCUT2D eigenvalue weighted by atomic mass is 16.1. The van der Waals surface area contributed by atoms with Crippen molar-refractivity contribution < 1.29 is 4.79 Å². The summed E-state index contributed by atoms with van der Waals surface area (Å²) in [6.45, 7) is 3.96. The maximum atomic E-state index is 11.8. The van der Waals surface area contributed by atoms with Crippen LogP contribution in [0.25, 0.3) is 0 Å². The second-order valence-corrected chi connectivity index (χ2v) is 3.43. The van der Waals surface area contributed by atoms with Gasteiger partial charge in [-0.15, -0.1) is 0 Å². The Morgan fingerprint density at radius 2 is 2.21 bits per heavy atom. The predicted molar refractivity (Wildman–Crippen MR) is 58.7 cm³/mol. The van der Waals surface area contributed by atoms with Gasteiger partial charge in [-0.3, -0.25) is 4.79 Å². The highest BCUT2D eigenvalue weighted by Crippen LogP contribution is 2.08. The number of nitrogens with one attached hydrogen (secondary N) is 1. The van der Waals surface area contributed by atoms with E-state index in [0.717, 1.165) is 12.0 Å². The molecule has 0 aliphatic heterocycles. The first-order valence-electron chi connectivity index (χ1n) is 4.99. The molecule has 2 heteroatoms. The van der Waals surface area contributed by atoms with E-state index in [9.17, 15) is 4.79 Å². The summed E-state index contributed by atoms with van der Waals surface area (Å²) in [5.41, 5.74) is 2.00. The van der Waals surface area contributed by atoms with Crippen molar-refractivity contribution in [1.29, 1.82) is 0 Å². The van der Waals surface area contributed by atoms with Crippen LogP contribution in [0.1, 0.15) is 29.8 Å². The molecule has 2 nitrogen and oxygen atoms in total. The molecule has 0 aliphatic carbocycles. The maximum Gasteiger partial charge on any atom is 0.179 e. The molecule has 1 rings (SSSR count). The van der Waals surface area contributed by atoms with Gasteiger partial charge in [-0.05, 0) is 32.0 Å². The molecule has 0 amide bonds. The van der Waals surface area contributed by atoms with Crippen molar-refractivity contribution in [3.8, 4) is 0 Å². The summed E-state index contributed by atoms with van der Waals surface area (Å²) in [6.07, 6.45) is 0.967. The van der Waals surface area contributed by atoms with Crippen LogP contribution in [0.4, 0.5) is 0 Å². The Morgan fingerprint density at radius 1 is 1.50 bits per heavy atom. The van der Waals surface area contributed by atoms with Gasteiger partial charge in [0.15, 0.2) is 5.78 Å². The van der Waals surface area contributed by atoms with Crippen LogP contribution < -0.4 is 5.32 Å². The van der Waals surface area contributed by atoms with Crippen molar-refractivity contribution >= 4 is 5.78 Å². The quantitative estimate of drug-likeness (QED) is 0.738. The zero-order valence-corrected chi connectivity index (χ0v) is 9.00. The first kappa shape index (κ1) is 10.9. The molecule has 76 valence electrons. The number of Topliss-reactive ketones (excluding diaryl/α,β-unsaturated/α-hetero) is 1. The van der Waals surface area contributed by atoms with E-state index in [1.54, 1.807) is 7.05 Å². The summed E-state index contributed by atoms with van der Waals surface area (Å²) in [5.74, 6) is 0.155. The molecule has 0 fully saturated rings. The van der Waals surface area contributed by atoms with Crippen LogP contribution in [0, 0.1) is 0 Å². The van der Waals surface area contributed by atoms with Gasteiger partial charge in [0, 0.05) is 5.56 Å². The minimum Gasteiger partial charge on any atom is -0.310 e. The molecular formula is C12H17NO. The van der Waals surface area contributed by atoms with E-state index in [-0.39, 0.29) is 11.8 Å². The fourth-order valence-electron chi connectivity index (χ4n) is 1.33. The molecule has 0 spiro atoms. The third-order valence-electron chi connectivity index (χ3n) is 2.45. The summed E-state index contributed by atoms with van der Waals surface area (Å²) >= 11 is 0. The number of likely N-dealkylation sites (N-methyl/N-ethyl adjacent to an activating group) is 1. The number of benzene rings is 1. The zero-order valence-electron chi connectivity index (χ0n) is 9.00. The third-order valence-corrected chi connectivity index (χ3v) is 2.45. The highest BCUT2D eigenvalue weighted by Gasteiger charge is 2.12. The standard InChI is InChI=1S/C12H17NO/c1-4-10-6-5-7-11(8-10)12(14)9(2)13-3/h5-9,13H,4H2,1-3H3/t9-/m1/s1. The van der Waals surface area contributed by atoms with Gasteiger partial charge < -0.3 is 5.32 Å². The number of rotatable bonds is 4. The van der Waals surface area contributed by atoms with E-state index in [1.165, 1.54) is 5.56 Å². The minimum atomic E-state index is -0.109. The van der Waals surface area contributed by atoms with Crippen LogP contribution in [0.15, 0.2) is 24.3 Å². The molecule has 1 N–H and O–H groups in total. The van der Waals surface area contributed by atoms with Gasteiger partial charge in [0.25, 0.3) is 0 Å². The number of carbonyl (C=O) groups excluding carboxylic acids is 1. The molecule has 0 saturated heterocycles. The number of hydrogen-bond acceptors (Lipinski definition) is 2. The number of ketones is 1. The molecule has 0 unspecified atom stereocenters. The molecular weight excluding hydrogens is 174 g/mol. The van der Waals surface area contributed by atoms with E-state index in [1.807, 2.05) is 31.2 Å². The van der Waals surface area contributed by atoms with Crippen molar-refractivity contribution in [2.75, 3.05) is 7.05 Å². The number of hydrogen-bond donors (Lipinski definition) is 1. The van der Waals surface area contributed by atoms with E-state index < -0.39 is 0 Å². The van der Waals surface area contributed by atoms with Crippen LogP contribution in [-0.4, -0.2) is 18.9 Å². The monoisotopic (exact) mass is 191 g/mol. The van der Waals surface area contributed by atoms with Crippen molar-refractivity contribution in [2.24, 2.45) is 0 Å². The zero-order chi connectivity index (χ0) is 10.6. The second-order valence-electron chi connectivity index (χ2n) is 3.43. The van der Waals surface area contributed by atoms with Gasteiger partial charge in [0.1, 0.15) is 0 Å². The summed E-state index contributed by atoms with van der Waals surface area (Å²) in [6, 6.07) is 7.71. The minimum absolute atomic E-state index is 0.109. The van der Waals surface area contributed by atoms with Gasteiger partial charge in [-0.1, -0.05) is 25.1 Å². The molecule has 1 aromatic carbocycles. The average Bonchev–Trinajstić information content (AvgIpc) is 2.27. The molecule has 1 aromatic rings. The summed E-state index contributed by atoms with van der Waals surface area (Å²) in [4.78, 5) is 11.8. The van der Waals surface area contributed by atoms with Gasteiger partial charge in [0.05, 0.1) is 6.04 Å². The Morgan fingerprint density at radius 3 is 2.79 bits per heavy atom. The van der Waals surface area contributed by atoms with Crippen molar-refractivity contribution in [3.05, 3.63) is 35.4 Å². The van der Waals surface area contributed by atoms with Crippen LogP contribution >= 0.6 is 0 Å². The van der Waals surface area contributed by atoms with E-state index >= 15 is 0 Å². The lowest BCUT2D eigenvalue weighted by Crippen LogP contribution is -2.30. The SMILES string of the molecule is CCc1cccc(C(=O)[C@@H](C)NC)c1. The Kier molecular flexibility index (Phi) is 3.84. The Hall–Kier alpha value is -1.15. The van der Waals surface area contributed by atoms with E-state index in [4.69, 9.17) is 0 Å². The average molecular weight is 191 g/mol. The first-order chi connectivity index (χ1) is 6.69. The van der Waals surface area contributed by atoms with E-state index in [2.05, 4.69) is 12.2 Å². The largest absolute Gasteiger partial charge is 0.310 e. The van der Waals surface area contributed by atoms with E-state index in [0.29, 0.717) is 0 Å². The molecule has 0 aromatic heterocycles. The Labute approximate surface area is 85.3 Å². The predicted octanol–water partition coefficient (Wildman–Crippen LogP) is 2.04. The lowest BCUT2D eigenvalue weighted by Gasteiger charge is -2.09. The molecule has 14 heavy (non-hydrogen) atoms. The molecule has 0 heterocycles. The van der Waals surface area contributed by atoms with Crippen LogP contribution in [-0.2, 0) is 6.42 Å². The molecule has 0 aliphatic rings. The van der Waals surface area contributed by atoms with Crippen molar-refractivity contribution in [1.82, 2.24) is 5.32 Å². The number of aryl methyl sites for hydroxylation is 1. The molecule has 0 radical (unpaired) electrons. The van der Waals surface area contributed by atoms with Gasteiger partial charge in [-0.25, -0.2) is 0 Å². The summed E-state index contributed by atoms with van der Waals surface area (Å²) < 4.78 is 0. The van der Waals surface area contributed by atoms with Crippen molar-refractivity contribution in [2.45, 2.75) is 26.3 Å². The van der Waals surface area contributed by atoms with Gasteiger partial charge in [0.2, 0.25) is 0 Å². The maximum absolute atomic E-state index is 11.8. The topological polar surface area (TPSA) is 29.1 Å². The second kappa shape index (κ2) is 4.91. The fourth-order valence-corrected chi connectivity index (χ4v) is 1.33. The van der Waals surface area contributed by atoms with Crippen LogP contribution in [0.2, 0.25) is 0 Å². The molecule has 0 bridgehead atoms. The van der Waals surface area contributed by atoms with Crippen LogP contribution in [0.3, 0.4) is 0 Å². The van der Waals surface area contributed by atoms with Crippen molar-refractivity contribution in [3.63, 3.8) is 0 Å². The summed E-state index contributed by atoms with van der Waals surface area (Å²) in [7, 11) is 1.80. The highest BCUT2D eigenvalue weighted by molar-refractivity contribution is 5.99. The number of carbonyl (C=O) groups is 1.